The summed E-state index contributed by atoms with van der Waals surface area (Å²) in [4.78, 5) is 2.55. The van der Waals surface area contributed by atoms with Gasteiger partial charge in [0, 0.05) is 18.6 Å². The smallest absolute Gasteiger partial charge is 0.0246 e. The number of rotatable bonds is 4. The first-order valence-corrected chi connectivity index (χ1v) is 5.75. The Morgan fingerprint density at radius 2 is 1.85 bits per heavy atom. The standard InChI is InChI=1S/C11H22N2/c1-13(10-6-7-10)11(8-12)9-4-2-3-5-9/h9-11H,2-8,12H2,1H3. The largest absolute Gasteiger partial charge is 0.329 e. The topological polar surface area (TPSA) is 29.3 Å². The zero-order chi connectivity index (χ0) is 9.26. The average Bonchev–Trinajstić information content (AvgIpc) is 2.86. The average molecular weight is 182 g/mol. The van der Waals surface area contributed by atoms with Crippen LogP contribution < -0.4 is 5.73 Å². The number of nitrogens with zero attached hydrogens (tertiary/aromatic N) is 1. The van der Waals surface area contributed by atoms with Gasteiger partial charge >= 0.3 is 0 Å². The Morgan fingerprint density at radius 3 is 2.31 bits per heavy atom. The summed E-state index contributed by atoms with van der Waals surface area (Å²) in [6.45, 7) is 0.859. The SMILES string of the molecule is CN(C1CC1)C(CN)C1CCCC1. The molecule has 0 heterocycles. The second-order valence-corrected chi connectivity index (χ2v) is 4.74. The quantitative estimate of drug-likeness (QED) is 0.715. The third-order valence-electron chi connectivity index (χ3n) is 3.83. The van der Waals surface area contributed by atoms with E-state index in [0.29, 0.717) is 6.04 Å². The first kappa shape index (κ1) is 9.47. The predicted molar refractivity (Wildman–Crippen MR) is 55.6 cm³/mol. The molecule has 0 aromatic heterocycles. The number of hydrogen-bond acceptors (Lipinski definition) is 2. The molecule has 0 radical (unpaired) electrons. The lowest BCUT2D eigenvalue weighted by Crippen LogP contribution is -2.43. The molecule has 2 saturated carbocycles. The van der Waals surface area contributed by atoms with Crippen LogP contribution in [0.25, 0.3) is 0 Å². The van der Waals surface area contributed by atoms with E-state index in [1.165, 1.54) is 38.5 Å². The van der Waals surface area contributed by atoms with Gasteiger partial charge in [0.25, 0.3) is 0 Å². The zero-order valence-electron chi connectivity index (χ0n) is 8.71. The summed E-state index contributed by atoms with van der Waals surface area (Å²) < 4.78 is 0. The van der Waals surface area contributed by atoms with Gasteiger partial charge in [-0.15, -0.1) is 0 Å². The van der Waals surface area contributed by atoms with Gasteiger partial charge in [0.1, 0.15) is 0 Å². The second kappa shape index (κ2) is 3.97. The molecule has 0 spiro atoms. The van der Waals surface area contributed by atoms with Crippen molar-refractivity contribution in [1.82, 2.24) is 4.90 Å². The van der Waals surface area contributed by atoms with Crippen LogP contribution in [0, 0.1) is 5.92 Å². The minimum absolute atomic E-state index is 0.676. The zero-order valence-corrected chi connectivity index (χ0v) is 8.71. The normalized spacial score (nSPS) is 27.0. The number of hydrogen-bond donors (Lipinski definition) is 1. The van der Waals surface area contributed by atoms with Crippen LogP contribution >= 0.6 is 0 Å². The van der Waals surface area contributed by atoms with Crippen molar-refractivity contribution in [3.63, 3.8) is 0 Å². The summed E-state index contributed by atoms with van der Waals surface area (Å²) in [6.07, 6.45) is 8.50. The lowest BCUT2D eigenvalue weighted by Gasteiger charge is -2.31. The van der Waals surface area contributed by atoms with E-state index < -0.39 is 0 Å². The molecule has 0 amide bonds. The molecule has 2 fully saturated rings. The van der Waals surface area contributed by atoms with E-state index in [1.54, 1.807) is 0 Å². The van der Waals surface area contributed by atoms with E-state index >= 15 is 0 Å². The maximum Gasteiger partial charge on any atom is 0.0246 e. The van der Waals surface area contributed by atoms with Crippen LogP contribution in [0.15, 0.2) is 0 Å². The van der Waals surface area contributed by atoms with E-state index in [1.807, 2.05) is 0 Å². The minimum atomic E-state index is 0.676. The maximum atomic E-state index is 5.88. The fraction of sp³-hybridized carbons (Fsp3) is 1.00. The molecule has 2 rings (SSSR count). The predicted octanol–water partition coefficient (Wildman–Crippen LogP) is 1.60. The van der Waals surface area contributed by atoms with E-state index in [2.05, 4.69) is 11.9 Å². The highest BCUT2D eigenvalue weighted by molar-refractivity contribution is 4.91. The van der Waals surface area contributed by atoms with Crippen LogP contribution in [0.1, 0.15) is 38.5 Å². The minimum Gasteiger partial charge on any atom is -0.329 e. The van der Waals surface area contributed by atoms with Gasteiger partial charge in [0.15, 0.2) is 0 Å². The summed E-state index contributed by atoms with van der Waals surface area (Å²) >= 11 is 0. The monoisotopic (exact) mass is 182 g/mol. The molecule has 2 heteroatoms. The summed E-state index contributed by atoms with van der Waals surface area (Å²) in [5.41, 5.74) is 5.88. The van der Waals surface area contributed by atoms with Crippen molar-refractivity contribution in [2.45, 2.75) is 50.6 Å². The maximum absolute atomic E-state index is 5.88. The molecule has 2 nitrogen and oxygen atoms in total. The van der Waals surface area contributed by atoms with Gasteiger partial charge in [-0.3, -0.25) is 4.90 Å². The van der Waals surface area contributed by atoms with Crippen molar-refractivity contribution in [1.29, 1.82) is 0 Å². The molecule has 2 N–H and O–H groups in total. The van der Waals surface area contributed by atoms with Crippen LogP contribution in [0.2, 0.25) is 0 Å². The van der Waals surface area contributed by atoms with Gasteiger partial charge in [-0.1, -0.05) is 12.8 Å². The molecule has 1 atom stereocenters. The van der Waals surface area contributed by atoms with Crippen molar-refractivity contribution >= 4 is 0 Å². The first-order chi connectivity index (χ1) is 6.33. The van der Waals surface area contributed by atoms with Crippen LogP contribution in [-0.4, -0.2) is 30.6 Å². The Kier molecular flexibility index (Phi) is 2.89. The Balaban J connectivity index is 1.90. The molecule has 0 saturated heterocycles. The molecule has 2 aliphatic rings. The fourth-order valence-electron chi connectivity index (χ4n) is 2.79. The number of likely N-dealkylation sites (N-methyl/N-ethyl adjacent to an activating group) is 1. The van der Waals surface area contributed by atoms with Gasteiger partial charge in [-0.25, -0.2) is 0 Å². The summed E-state index contributed by atoms with van der Waals surface area (Å²) in [7, 11) is 2.27. The van der Waals surface area contributed by atoms with Gasteiger partial charge in [0.05, 0.1) is 0 Å². The highest BCUT2D eigenvalue weighted by atomic mass is 15.2. The lowest BCUT2D eigenvalue weighted by molar-refractivity contribution is 0.173. The molecule has 1 unspecified atom stereocenters. The Bertz CT molecular complexity index is 157. The third kappa shape index (κ3) is 2.05. The van der Waals surface area contributed by atoms with Crippen molar-refractivity contribution in [2.24, 2.45) is 11.7 Å². The molecular formula is C11H22N2. The van der Waals surface area contributed by atoms with E-state index in [-0.39, 0.29) is 0 Å². The number of nitrogens with two attached hydrogens (primary N) is 1. The van der Waals surface area contributed by atoms with Crippen molar-refractivity contribution in [2.75, 3.05) is 13.6 Å². The second-order valence-electron chi connectivity index (χ2n) is 4.74. The van der Waals surface area contributed by atoms with Gasteiger partial charge in [-0.05, 0) is 38.6 Å². The van der Waals surface area contributed by atoms with Gasteiger partial charge in [-0.2, -0.15) is 0 Å². The summed E-state index contributed by atoms with van der Waals surface area (Å²) in [5, 5.41) is 0. The van der Waals surface area contributed by atoms with Crippen molar-refractivity contribution in [3.8, 4) is 0 Å². The van der Waals surface area contributed by atoms with Gasteiger partial charge < -0.3 is 5.73 Å². The lowest BCUT2D eigenvalue weighted by atomic mass is 9.97. The first-order valence-electron chi connectivity index (χ1n) is 5.75. The molecule has 0 aliphatic heterocycles. The van der Waals surface area contributed by atoms with Crippen LogP contribution in [0.4, 0.5) is 0 Å². The van der Waals surface area contributed by atoms with Gasteiger partial charge in [0.2, 0.25) is 0 Å². The summed E-state index contributed by atoms with van der Waals surface area (Å²) in [5.74, 6) is 0.899. The van der Waals surface area contributed by atoms with E-state index in [4.69, 9.17) is 5.73 Å². The fourth-order valence-corrected chi connectivity index (χ4v) is 2.79. The van der Waals surface area contributed by atoms with E-state index in [9.17, 15) is 0 Å². The van der Waals surface area contributed by atoms with Crippen LogP contribution in [-0.2, 0) is 0 Å². The Morgan fingerprint density at radius 1 is 1.23 bits per heavy atom. The Hall–Kier alpha value is -0.0800. The molecular weight excluding hydrogens is 160 g/mol. The molecule has 0 aromatic rings. The van der Waals surface area contributed by atoms with Crippen LogP contribution in [0.3, 0.4) is 0 Å². The molecule has 2 aliphatic carbocycles. The Labute approximate surface area is 81.5 Å². The molecule has 76 valence electrons. The highest BCUT2D eigenvalue weighted by Gasteiger charge is 2.35. The van der Waals surface area contributed by atoms with Crippen LogP contribution in [0.5, 0.6) is 0 Å². The van der Waals surface area contributed by atoms with Crippen molar-refractivity contribution in [3.05, 3.63) is 0 Å². The van der Waals surface area contributed by atoms with E-state index in [0.717, 1.165) is 18.5 Å². The molecule has 0 bridgehead atoms. The molecule has 0 aromatic carbocycles. The summed E-state index contributed by atoms with van der Waals surface area (Å²) in [6, 6.07) is 1.55. The molecule has 13 heavy (non-hydrogen) atoms. The van der Waals surface area contributed by atoms with Crippen molar-refractivity contribution < 1.29 is 0 Å². The third-order valence-corrected chi connectivity index (χ3v) is 3.83. The highest BCUT2D eigenvalue weighted by Crippen LogP contribution is 2.34.